The maximum absolute atomic E-state index is 13.2. The Hall–Kier alpha value is -2.08. The molecule has 0 amide bonds. The molecule has 27 heavy (non-hydrogen) atoms. The number of benzene rings is 2. The van der Waals surface area contributed by atoms with Crippen LogP contribution in [0.15, 0.2) is 48.5 Å². The molecule has 4 rings (SSSR count). The van der Waals surface area contributed by atoms with Gasteiger partial charge in [0.05, 0.1) is 12.6 Å². The Morgan fingerprint density at radius 3 is 2.56 bits per heavy atom. The molecule has 6 heteroatoms. The number of methoxy groups -OCH3 is 1. The number of carbonyl (C=O) groups excluding carboxylic acids is 2. The summed E-state index contributed by atoms with van der Waals surface area (Å²) >= 11 is 0. The van der Waals surface area contributed by atoms with Gasteiger partial charge in [0.2, 0.25) is 0 Å². The van der Waals surface area contributed by atoms with Gasteiger partial charge in [-0.3, -0.25) is 9.36 Å². The average molecular weight is 371 g/mol. The van der Waals surface area contributed by atoms with Crippen molar-refractivity contribution in [3.05, 3.63) is 65.4 Å². The molecular formula is C21H18NNaO4. The van der Waals surface area contributed by atoms with E-state index in [1.807, 2.05) is 36.4 Å². The Balaban J connectivity index is 0.00000210. The summed E-state index contributed by atoms with van der Waals surface area (Å²) in [6, 6.07) is 14.7. The van der Waals surface area contributed by atoms with Gasteiger partial charge in [-0.25, -0.2) is 0 Å². The van der Waals surface area contributed by atoms with Crippen molar-refractivity contribution in [3.63, 3.8) is 0 Å². The topological polar surface area (TPSA) is 71.4 Å². The van der Waals surface area contributed by atoms with Crippen LogP contribution in [-0.4, -0.2) is 23.6 Å². The van der Waals surface area contributed by atoms with Gasteiger partial charge in [-0.1, -0.05) is 18.2 Å². The summed E-state index contributed by atoms with van der Waals surface area (Å²) in [5, 5.41) is 12.2. The van der Waals surface area contributed by atoms with Crippen LogP contribution in [0.4, 0.5) is 0 Å². The van der Waals surface area contributed by atoms with Crippen molar-refractivity contribution in [2.45, 2.75) is 19.3 Å². The van der Waals surface area contributed by atoms with E-state index in [0.29, 0.717) is 30.6 Å². The Bertz CT molecular complexity index is 1010. The third kappa shape index (κ3) is 3.43. The fourth-order valence-electron chi connectivity index (χ4n) is 3.81. The van der Waals surface area contributed by atoms with Gasteiger partial charge in [-0.2, -0.15) is 0 Å². The van der Waals surface area contributed by atoms with Gasteiger partial charge >= 0.3 is 29.6 Å². The first-order valence-electron chi connectivity index (χ1n) is 8.61. The van der Waals surface area contributed by atoms with Gasteiger partial charge in [-0.15, -0.1) is 0 Å². The number of carboxylic acids is 1. The van der Waals surface area contributed by atoms with E-state index in [1.54, 1.807) is 23.8 Å². The minimum atomic E-state index is -1.03. The molecule has 1 aromatic heterocycles. The quantitative estimate of drug-likeness (QED) is 0.565. The molecule has 0 saturated carbocycles. The van der Waals surface area contributed by atoms with Crippen molar-refractivity contribution in [1.29, 1.82) is 0 Å². The zero-order valence-electron chi connectivity index (χ0n) is 15.4. The van der Waals surface area contributed by atoms with Crippen molar-refractivity contribution in [2.75, 3.05) is 7.11 Å². The van der Waals surface area contributed by atoms with Gasteiger partial charge in [0.1, 0.15) is 5.75 Å². The second-order valence-electron chi connectivity index (χ2n) is 6.57. The minimum absolute atomic E-state index is 0. The second-order valence-corrected chi connectivity index (χ2v) is 6.57. The molecule has 3 aromatic rings. The third-order valence-corrected chi connectivity index (χ3v) is 5.13. The summed E-state index contributed by atoms with van der Waals surface area (Å²) in [7, 11) is 1.59. The fourth-order valence-corrected chi connectivity index (χ4v) is 3.81. The SMILES string of the molecule is COc1ccc2c(c1)c1c(n2C(=O)c2ccccc2)CCC(C(=O)[O-])C1.[Na+]. The number of nitrogens with zero attached hydrogens (tertiary/aromatic N) is 1. The molecular weight excluding hydrogens is 353 g/mol. The number of rotatable bonds is 3. The van der Waals surface area contributed by atoms with Crippen LogP contribution in [0.25, 0.3) is 10.9 Å². The van der Waals surface area contributed by atoms with E-state index < -0.39 is 11.9 Å². The van der Waals surface area contributed by atoms with Crippen molar-refractivity contribution in [3.8, 4) is 5.75 Å². The van der Waals surface area contributed by atoms with Crippen LogP contribution in [-0.2, 0) is 17.6 Å². The minimum Gasteiger partial charge on any atom is -0.550 e. The molecule has 1 atom stereocenters. The predicted octanol–water partition coefficient (Wildman–Crippen LogP) is -0.803. The van der Waals surface area contributed by atoms with E-state index in [4.69, 9.17) is 4.74 Å². The summed E-state index contributed by atoms with van der Waals surface area (Å²) in [4.78, 5) is 24.5. The maximum Gasteiger partial charge on any atom is 1.00 e. The number of carboxylic acid groups (broad SMARTS) is 1. The van der Waals surface area contributed by atoms with Crippen LogP contribution in [0, 0.1) is 5.92 Å². The van der Waals surface area contributed by atoms with Crippen LogP contribution in [0.5, 0.6) is 5.75 Å². The Morgan fingerprint density at radius 2 is 1.89 bits per heavy atom. The normalized spacial score (nSPS) is 15.7. The summed E-state index contributed by atoms with van der Waals surface area (Å²) in [6.07, 6.45) is 1.38. The number of hydrogen-bond donors (Lipinski definition) is 0. The van der Waals surface area contributed by atoms with E-state index in [-0.39, 0.29) is 35.5 Å². The first-order chi connectivity index (χ1) is 12.6. The summed E-state index contributed by atoms with van der Waals surface area (Å²) in [5.41, 5.74) is 3.18. The van der Waals surface area contributed by atoms with E-state index >= 15 is 0 Å². The van der Waals surface area contributed by atoms with Gasteiger partial charge in [0.25, 0.3) is 5.91 Å². The average Bonchev–Trinajstić information content (AvgIpc) is 3.00. The monoisotopic (exact) mass is 371 g/mol. The van der Waals surface area contributed by atoms with E-state index in [2.05, 4.69) is 0 Å². The molecule has 0 aliphatic heterocycles. The number of ether oxygens (including phenoxy) is 1. The van der Waals surface area contributed by atoms with Gasteiger partial charge in [-0.05, 0) is 55.2 Å². The maximum atomic E-state index is 13.2. The number of aliphatic carboxylic acids is 1. The molecule has 132 valence electrons. The van der Waals surface area contributed by atoms with E-state index in [1.165, 1.54) is 0 Å². The Morgan fingerprint density at radius 1 is 1.15 bits per heavy atom. The molecule has 1 aliphatic carbocycles. The van der Waals surface area contributed by atoms with Crippen molar-refractivity contribution in [2.24, 2.45) is 5.92 Å². The van der Waals surface area contributed by atoms with E-state index in [0.717, 1.165) is 22.2 Å². The third-order valence-electron chi connectivity index (χ3n) is 5.13. The molecule has 5 nitrogen and oxygen atoms in total. The smallest absolute Gasteiger partial charge is 0.550 e. The summed E-state index contributed by atoms with van der Waals surface area (Å²) < 4.78 is 7.05. The molecule has 1 heterocycles. The molecule has 0 radical (unpaired) electrons. The Kier molecular flexibility index (Phi) is 5.75. The van der Waals surface area contributed by atoms with Crippen LogP contribution in [0.2, 0.25) is 0 Å². The molecule has 0 fully saturated rings. The predicted molar refractivity (Wildman–Crippen MR) is 95.2 cm³/mol. The number of carbonyl (C=O) groups is 2. The number of aromatic nitrogens is 1. The first kappa shape index (κ1) is 19.7. The molecule has 0 bridgehead atoms. The molecule has 1 unspecified atom stereocenters. The van der Waals surface area contributed by atoms with Crippen molar-refractivity contribution in [1.82, 2.24) is 4.57 Å². The number of hydrogen-bond acceptors (Lipinski definition) is 4. The molecule has 0 spiro atoms. The van der Waals surface area contributed by atoms with Gasteiger partial charge in [0, 0.05) is 28.5 Å². The van der Waals surface area contributed by atoms with Gasteiger partial charge in [0.15, 0.2) is 0 Å². The summed E-state index contributed by atoms with van der Waals surface area (Å²) in [6.45, 7) is 0. The van der Waals surface area contributed by atoms with Crippen molar-refractivity contribution < 1.29 is 49.0 Å². The molecule has 0 N–H and O–H groups in total. The Labute approximate surface area is 179 Å². The first-order valence-corrected chi connectivity index (χ1v) is 8.61. The van der Waals surface area contributed by atoms with E-state index in [9.17, 15) is 14.7 Å². The molecule has 0 saturated heterocycles. The molecule has 1 aliphatic rings. The second kappa shape index (κ2) is 7.89. The fraction of sp³-hybridized carbons (Fsp3) is 0.238. The van der Waals surface area contributed by atoms with Crippen LogP contribution in [0.1, 0.15) is 28.0 Å². The standard InChI is InChI=1S/C21H19NO4.Na/c1-26-15-8-10-19-17(12-15)16-11-14(21(24)25)7-9-18(16)22(19)20(23)13-5-3-2-4-6-13;/h2-6,8,10,12,14H,7,9,11H2,1H3,(H,24,25);/q;+1/p-1. The van der Waals surface area contributed by atoms with Crippen molar-refractivity contribution >= 4 is 22.8 Å². The largest absolute Gasteiger partial charge is 1.00 e. The molecule has 2 aromatic carbocycles. The summed E-state index contributed by atoms with van der Waals surface area (Å²) in [5.74, 6) is -0.984. The number of fused-ring (bicyclic) bond motifs is 3. The van der Waals surface area contributed by atoms with Gasteiger partial charge < -0.3 is 14.6 Å². The van der Waals surface area contributed by atoms with Crippen LogP contribution < -0.4 is 39.4 Å². The van der Waals surface area contributed by atoms with Crippen LogP contribution in [0.3, 0.4) is 0 Å². The zero-order valence-corrected chi connectivity index (χ0v) is 17.4. The van der Waals surface area contributed by atoms with Crippen LogP contribution >= 0.6 is 0 Å². The zero-order chi connectivity index (χ0) is 18.3.